The van der Waals surface area contributed by atoms with Crippen LogP contribution in [0, 0.1) is 13.8 Å². The van der Waals surface area contributed by atoms with Gasteiger partial charge in [0.1, 0.15) is 11.4 Å². The molecule has 0 unspecified atom stereocenters. The lowest BCUT2D eigenvalue weighted by Gasteiger charge is -2.06. The van der Waals surface area contributed by atoms with Crippen LogP contribution in [0.25, 0.3) is 0 Å². The number of anilines is 1. The summed E-state index contributed by atoms with van der Waals surface area (Å²) in [5.41, 5.74) is 2.13. The summed E-state index contributed by atoms with van der Waals surface area (Å²) in [7, 11) is 0. The quantitative estimate of drug-likeness (QED) is 0.919. The number of hydrogen-bond donors (Lipinski definition) is 1. The van der Waals surface area contributed by atoms with Crippen molar-refractivity contribution in [1.82, 2.24) is 10.1 Å². The lowest BCUT2D eigenvalue weighted by atomic mass is 10.0. The minimum absolute atomic E-state index is 0.104. The van der Waals surface area contributed by atoms with Crippen LogP contribution in [0.3, 0.4) is 0 Å². The first-order chi connectivity index (χ1) is 8.99. The van der Waals surface area contributed by atoms with Crippen molar-refractivity contribution >= 4 is 11.7 Å². The molecule has 0 spiro atoms. The van der Waals surface area contributed by atoms with Gasteiger partial charge in [0.15, 0.2) is 5.76 Å². The normalized spacial score (nSPS) is 10.8. The first-order valence-corrected chi connectivity index (χ1v) is 6.19. The van der Waals surface area contributed by atoms with Gasteiger partial charge < -0.3 is 9.84 Å². The number of rotatable bonds is 3. The lowest BCUT2D eigenvalue weighted by Crippen LogP contribution is -2.15. The predicted octanol–water partition coefficient (Wildman–Crippen LogP) is 3.06. The van der Waals surface area contributed by atoms with Crippen molar-refractivity contribution in [2.24, 2.45) is 0 Å². The minimum Gasteiger partial charge on any atom is -0.360 e. The van der Waals surface area contributed by atoms with E-state index in [4.69, 9.17) is 4.52 Å². The number of aromatic nitrogens is 2. The van der Waals surface area contributed by atoms with Crippen molar-refractivity contribution in [3.8, 4) is 0 Å². The molecule has 0 fully saturated rings. The van der Waals surface area contributed by atoms with Gasteiger partial charge in [0.25, 0.3) is 5.91 Å². The summed E-state index contributed by atoms with van der Waals surface area (Å²) in [5, 5.41) is 6.63. The van der Waals surface area contributed by atoms with Crippen LogP contribution in [-0.4, -0.2) is 16.0 Å². The van der Waals surface area contributed by atoms with Crippen LogP contribution in [0.2, 0.25) is 0 Å². The summed E-state index contributed by atoms with van der Waals surface area (Å²) >= 11 is 0. The van der Waals surface area contributed by atoms with E-state index in [2.05, 4.69) is 15.5 Å². The summed E-state index contributed by atoms with van der Waals surface area (Å²) < 4.78 is 5.21. The van der Waals surface area contributed by atoms with Crippen molar-refractivity contribution in [3.05, 3.63) is 40.9 Å². The summed E-state index contributed by atoms with van der Waals surface area (Å²) in [6, 6.07) is 3.69. The Hall–Kier alpha value is -2.17. The number of hydrogen-bond acceptors (Lipinski definition) is 4. The number of carbonyl (C=O) groups excluding carboxylic acids is 1. The average Bonchev–Trinajstić information content (AvgIpc) is 2.71. The van der Waals surface area contributed by atoms with E-state index < -0.39 is 0 Å². The first kappa shape index (κ1) is 13.3. The maximum atomic E-state index is 12.3. The molecule has 0 atom stereocenters. The highest BCUT2D eigenvalue weighted by Crippen LogP contribution is 2.23. The second kappa shape index (κ2) is 5.22. The monoisotopic (exact) mass is 259 g/mol. The van der Waals surface area contributed by atoms with Gasteiger partial charge >= 0.3 is 0 Å². The summed E-state index contributed by atoms with van der Waals surface area (Å²) in [4.78, 5) is 16.4. The molecule has 5 nitrogen and oxygen atoms in total. The van der Waals surface area contributed by atoms with E-state index in [9.17, 15) is 4.79 Å². The van der Waals surface area contributed by atoms with Crippen molar-refractivity contribution in [2.75, 3.05) is 5.32 Å². The Balaban J connectivity index is 2.28. The van der Waals surface area contributed by atoms with Gasteiger partial charge in [-0.3, -0.25) is 4.79 Å². The van der Waals surface area contributed by atoms with E-state index in [1.165, 1.54) is 0 Å². The zero-order valence-electron chi connectivity index (χ0n) is 11.5. The van der Waals surface area contributed by atoms with Crippen LogP contribution in [0.4, 0.5) is 5.82 Å². The van der Waals surface area contributed by atoms with Gasteiger partial charge in [0, 0.05) is 12.1 Å². The van der Waals surface area contributed by atoms with Crippen LogP contribution in [0.1, 0.15) is 47.1 Å². The molecular weight excluding hydrogens is 242 g/mol. The van der Waals surface area contributed by atoms with Gasteiger partial charge in [-0.05, 0) is 31.5 Å². The summed E-state index contributed by atoms with van der Waals surface area (Å²) in [6.45, 7) is 7.62. The van der Waals surface area contributed by atoms with E-state index in [1.807, 2.05) is 32.9 Å². The third-order valence-corrected chi connectivity index (χ3v) is 2.80. The standard InChI is InChI=1S/C14H17N3O2/c1-8(2)13-12(10(4)17-19-13)14(18)16-11-7-9(3)5-6-15-11/h5-8H,1-4H3,(H,15,16,18). The molecule has 1 N–H and O–H groups in total. The second-order valence-electron chi connectivity index (χ2n) is 4.83. The van der Waals surface area contributed by atoms with Crippen LogP contribution in [0.5, 0.6) is 0 Å². The average molecular weight is 259 g/mol. The molecule has 5 heteroatoms. The molecule has 100 valence electrons. The molecule has 0 aromatic carbocycles. The Morgan fingerprint density at radius 3 is 2.74 bits per heavy atom. The maximum absolute atomic E-state index is 12.3. The van der Waals surface area contributed by atoms with Crippen LogP contribution < -0.4 is 5.32 Å². The highest BCUT2D eigenvalue weighted by atomic mass is 16.5. The number of pyridine rings is 1. The van der Waals surface area contributed by atoms with Gasteiger partial charge in [0.05, 0.1) is 5.69 Å². The molecule has 0 radical (unpaired) electrons. The molecule has 0 saturated heterocycles. The Kier molecular flexibility index (Phi) is 3.64. The smallest absolute Gasteiger partial charge is 0.262 e. The van der Waals surface area contributed by atoms with Gasteiger partial charge in [-0.1, -0.05) is 19.0 Å². The Labute approximate surface area is 112 Å². The van der Waals surface area contributed by atoms with Gasteiger partial charge in [-0.25, -0.2) is 4.98 Å². The number of carbonyl (C=O) groups is 1. The molecule has 0 aliphatic heterocycles. The van der Waals surface area contributed by atoms with Gasteiger partial charge in [-0.2, -0.15) is 0 Å². The third kappa shape index (κ3) is 2.81. The molecule has 0 aliphatic rings. The van der Waals surface area contributed by atoms with E-state index in [0.29, 0.717) is 22.8 Å². The Morgan fingerprint density at radius 2 is 2.11 bits per heavy atom. The summed E-state index contributed by atoms with van der Waals surface area (Å²) in [6.07, 6.45) is 1.66. The molecular formula is C14H17N3O2. The largest absolute Gasteiger partial charge is 0.360 e. The van der Waals surface area contributed by atoms with Gasteiger partial charge in [0.2, 0.25) is 0 Å². The molecule has 2 aromatic rings. The second-order valence-corrected chi connectivity index (χ2v) is 4.83. The fourth-order valence-corrected chi connectivity index (χ4v) is 1.84. The highest BCUT2D eigenvalue weighted by Gasteiger charge is 2.22. The molecule has 2 aromatic heterocycles. The highest BCUT2D eigenvalue weighted by molar-refractivity contribution is 6.05. The Morgan fingerprint density at radius 1 is 1.37 bits per heavy atom. The molecule has 2 heterocycles. The van der Waals surface area contributed by atoms with E-state index in [-0.39, 0.29) is 11.8 Å². The number of amides is 1. The van der Waals surface area contributed by atoms with Gasteiger partial charge in [-0.15, -0.1) is 0 Å². The molecule has 2 rings (SSSR count). The summed E-state index contributed by atoms with van der Waals surface area (Å²) in [5.74, 6) is 0.996. The van der Waals surface area contributed by atoms with E-state index >= 15 is 0 Å². The molecule has 0 aliphatic carbocycles. The Bertz CT molecular complexity index is 602. The zero-order chi connectivity index (χ0) is 14.0. The van der Waals surface area contributed by atoms with Crippen molar-refractivity contribution in [1.29, 1.82) is 0 Å². The third-order valence-electron chi connectivity index (χ3n) is 2.80. The topological polar surface area (TPSA) is 68.0 Å². The van der Waals surface area contributed by atoms with Crippen LogP contribution in [-0.2, 0) is 0 Å². The minimum atomic E-state index is -0.236. The SMILES string of the molecule is Cc1ccnc(NC(=O)c2c(C)noc2C(C)C)c1. The van der Waals surface area contributed by atoms with Crippen molar-refractivity contribution < 1.29 is 9.32 Å². The van der Waals surface area contributed by atoms with Crippen LogP contribution in [0.15, 0.2) is 22.9 Å². The fourth-order valence-electron chi connectivity index (χ4n) is 1.84. The predicted molar refractivity (Wildman–Crippen MR) is 72.3 cm³/mol. The van der Waals surface area contributed by atoms with Crippen LogP contribution >= 0.6 is 0 Å². The number of nitrogens with one attached hydrogen (secondary N) is 1. The molecule has 19 heavy (non-hydrogen) atoms. The fraction of sp³-hybridized carbons (Fsp3) is 0.357. The van der Waals surface area contributed by atoms with E-state index in [1.54, 1.807) is 13.1 Å². The lowest BCUT2D eigenvalue weighted by molar-refractivity contribution is 0.102. The maximum Gasteiger partial charge on any atom is 0.262 e. The molecule has 0 saturated carbocycles. The number of nitrogens with zero attached hydrogens (tertiary/aromatic N) is 2. The first-order valence-electron chi connectivity index (χ1n) is 6.19. The van der Waals surface area contributed by atoms with E-state index in [0.717, 1.165) is 5.56 Å². The van der Waals surface area contributed by atoms with Crippen molar-refractivity contribution in [2.45, 2.75) is 33.6 Å². The molecule has 0 bridgehead atoms. The zero-order valence-corrected chi connectivity index (χ0v) is 11.5. The van der Waals surface area contributed by atoms with Crippen molar-refractivity contribution in [3.63, 3.8) is 0 Å². The molecule has 1 amide bonds. The number of aryl methyl sites for hydroxylation is 2.